The lowest BCUT2D eigenvalue weighted by atomic mass is 9.82. The van der Waals surface area contributed by atoms with Gasteiger partial charge in [0.1, 0.15) is 5.75 Å². The molecule has 0 aromatic heterocycles. The lowest BCUT2D eigenvalue weighted by molar-refractivity contribution is -0.122. The standard InChI is InChI=1S/C32H44N2O4/c1-5-7-9-11-13-20-38-27-21-23(22(3)4)18-19-25(27)32(34-28(35)17-12-10-8-6-2)30(36)24-15-14-16-26(33)29(24)31(32)37/h14-16,18-19,21-22H,5-13,17,20,33H2,1-4H3,(H,34,35). The van der Waals surface area contributed by atoms with Crippen LogP contribution in [0.4, 0.5) is 5.69 Å². The molecular weight excluding hydrogens is 476 g/mol. The number of hydrogen-bond acceptors (Lipinski definition) is 5. The van der Waals surface area contributed by atoms with Crippen molar-refractivity contribution < 1.29 is 19.1 Å². The van der Waals surface area contributed by atoms with Crippen LogP contribution in [0.5, 0.6) is 5.75 Å². The molecule has 1 amide bonds. The zero-order valence-electron chi connectivity index (χ0n) is 23.5. The number of nitrogens with one attached hydrogen (secondary N) is 1. The number of anilines is 1. The molecule has 0 bridgehead atoms. The quantitative estimate of drug-likeness (QED) is 0.148. The second kappa shape index (κ2) is 13.6. The second-order valence-electron chi connectivity index (χ2n) is 10.7. The SMILES string of the molecule is CCCCCCCOc1cc(C(C)C)ccc1C1(NC(=O)CCCCCC)C(=O)c2cccc(N)c2C1=O. The molecule has 0 spiro atoms. The summed E-state index contributed by atoms with van der Waals surface area (Å²) >= 11 is 0. The molecule has 3 rings (SSSR count). The van der Waals surface area contributed by atoms with Gasteiger partial charge in [-0.05, 0) is 36.5 Å². The van der Waals surface area contributed by atoms with E-state index in [9.17, 15) is 14.4 Å². The van der Waals surface area contributed by atoms with E-state index in [0.29, 0.717) is 24.3 Å². The van der Waals surface area contributed by atoms with Gasteiger partial charge in [0.25, 0.3) is 0 Å². The van der Waals surface area contributed by atoms with Crippen molar-refractivity contribution >= 4 is 23.2 Å². The molecular formula is C32H44N2O4. The number of carbonyl (C=O) groups is 3. The molecule has 1 unspecified atom stereocenters. The molecule has 0 saturated carbocycles. The van der Waals surface area contributed by atoms with Gasteiger partial charge in [0.2, 0.25) is 17.5 Å². The number of ether oxygens (including phenoxy) is 1. The number of carbonyl (C=O) groups excluding carboxylic acids is 3. The zero-order valence-corrected chi connectivity index (χ0v) is 23.5. The van der Waals surface area contributed by atoms with Gasteiger partial charge in [-0.2, -0.15) is 0 Å². The Morgan fingerprint density at radius 3 is 2.26 bits per heavy atom. The summed E-state index contributed by atoms with van der Waals surface area (Å²) in [6, 6.07) is 10.5. The summed E-state index contributed by atoms with van der Waals surface area (Å²) < 4.78 is 6.28. The van der Waals surface area contributed by atoms with Crippen LogP contribution in [0.1, 0.15) is 130 Å². The highest BCUT2D eigenvalue weighted by atomic mass is 16.5. The molecule has 2 aromatic carbocycles. The third-order valence-electron chi connectivity index (χ3n) is 7.42. The number of nitrogen functional groups attached to an aromatic ring is 1. The van der Waals surface area contributed by atoms with E-state index in [1.807, 2.05) is 12.1 Å². The molecule has 1 aliphatic rings. The van der Waals surface area contributed by atoms with Crippen LogP contribution in [0.2, 0.25) is 0 Å². The summed E-state index contributed by atoms with van der Waals surface area (Å²) in [5.74, 6) is -0.596. The minimum Gasteiger partial charge on any atom is -0.493 e. The first-order valence-electron chi connectivity index (χ1n) is 14.3. The molecule has 0 saturated heterocycles. The van der Waals surface area contributed by atoms with E-state index in [2.05, 4.69) is 33.0 Å². The molecule has 0 radical (unpaired) electrons. The maximum absolute atomic E-state index is 14.1. The Morgan fingerprint density at radius 1 is 0.921 bits per heavy atom. The Balaban J connectivity index is 2.04. The number of Topliss-reactive ketones (excluding diaryl/α,β-unsaturated/α-hetero) is 2. The molecule has 2 aromatic rings. The number of nitrogens with two attached hydrogens (primary N) is 1. The van der Waals surface area contributed by atoms with E-state index in [4.69, 9.17) is 10.5 Å². The van der Waals surface area contributed by atoms with Gasteiger partial charge in [0.15, 0.2) is 5.54 Å². The van der Waals surface area contributed by atoms with Gasteiger partial charge in [0.05, 0.1) is 12.2 Å². The van der Waals surface area contributed by atoms with Crippen LogP contribution in [-0.2, 0) is 10.3 Å². The minimum absolute atomic E-state index is 0.169. The fraction of sp³-hybridized carbons (Fsp3) is 0.531. The lowest BCUT2D eigenvalue weighted by Crippen LogP contribution is -2.54. The third kappa shape index (κ3) is 6.28. The first kappa shape index (κ1) is 29.4. The molecule has 0 aliphatic heterocycles. The first-order valence-corrected chi connectivity index (χ1v) is 14.3. The van der Waals surface area contributed by atoms with Crippen LogP contribution in [-0.4, -0.2) is 24.1 Å². The van der Waals surface area contributed by atoms with Gasteiger partial charge in [-0.15, -0.1) is 0 Å². The summed E-state index contributed by atoms with van der Waals surface area (Å²) in [4.78, 5) is 41.4. The van der Waals surface area contributed by atoms with Crippen LogP contribution < -0.4 is 15.8 Å². The van der Waals surface area contributed by atoms with Crippen LogP contribution in [0.25, 0.3) is 0 Å². The first-order chi connectivity index (χ1) is 18.3. The number of benzene rings is 2. The number of rotatable bonds is 15. The van der Waals surface area contributed by atoms with E-state index < -0.39 is 17.1 Å². The predicted molar refractivity (Wildman–Crippen MR) is 153 cm³/mol. The highest BCUT2D eigenvalue weighted by Gasteiger charge is 2.57. The van der Waals surface area contributed by atoms with Crippen molar-refractivity contribution in [3.05, 3.63) is 58.7 Å². The number of ketones is 2. The fourth-order valence-corrected chi connectivity index (χ4v) is 5.13. The Hall–Kier alpha value is -3.15. The summed E-state index contributed by atoms with van der Waals surface area (Å²) in [5.41, 5.74) is 6.34. The fourth-order valence-electron chi connectivity index (χ4n) is 5.13. The minimum atomic E-state index is -1.90. The van der Waals surface area contributed by atoms with Crippen molar-refractivity contribution in [2.75, 3.05) is 12.3 Å². The number of hydrogen-bond donors (Lipinski definition) is 2. The number of fused-ring (bicyclic) bond motifs is 1. The average Bonchev–Trinajstić information content (AvgIpc) is 3.11. The van der Waals surface area contributed by atoms with Crippen LogP contribution in [0, 0.1) is 0 Å². The highest BCUT2D eigenvalue weighted by Crippen LogP contribution is 2.44. The normalized spacial score (nSPS) is 16.7. The van der Waals surface area contributed by atoms with Crippen LogP contribution in [0.15, 0.2) is 36.4 Å². The van der Waals surface area contributed by atoms with Crippen molar-refractivity contribution in [3.8, 4) is 5.75 Å². The number of unbranched alkanes of at least 4 members (excludes halogenated alkanes) is 7. The highest BCUT2D eigenvalue weighted by molar-refractivity contribution is 6.35. The molecule has 0 heterocycles. The zero-order chi connectivity index (χ0) is 27.7. The molecule has 38 heavy (non-hydrogen) atoms. The molecule has 0 fully saturated rings. The largest absolute Gasteiger partial charge is 0.493 e. The smallest absolute Gasteiger partial charge is 0.221 e. The van der Waals surface area contributed by atoms with Gasteiger partial charge in [-0.3, -0.25) is 14.4 Å². The molecule has 3 N–H and O–H groups in total. The summed E-state index contributed by atoms with van der Waals surface area (Å²) in [6.45, 7) is 8.92. The van der Waals surface area contributed by atoms with E-state index in [1.165, 1.54) is 6.42 Å². The Bertz CT molecular complexity index is 1140. The van der Waals surface area contributed by atoms with E-state index in [0.717, 1.165) is 50.5 Å². The number of amides is 1. The molecule has 6 heteroatoms. The topological polar surface area (TPSA) is 98.5 Å². The van der Waals surface area contributed by atoms with Crippen molar-refractivity contribution in [2.45, 2.75) is 103 Å². The van der Waals surface area contributed by atoms with Gasteiger partial charge < -0.3 is 15.8 Å². The summed E-state index contributed by atoms with van der Waals surface area (Å²) in [7, 11) is 0. The second-order valence-corrected chi connectivity index (χ2v) is 10.7. The third-order valence-corrected chi connectivity index (χ3v) is 7.42. The van der Waals surface area contributed by atoms with Crippen molar-refractivity contribution in [3.63, 3.8) is 0 Å². The summed E-state index contributed by atoms with van der Waals surface area (Å²) in [5, 5.41) is 2.89. The average molecular weight is 521 g/mol. The van der Waals surface area contributed by atoms with E-state index >= 15 is 0 Å². The van der Waals surface area contributed by atoms with E-state index in [-0.39, 0.29) is 35.1 Å². The van der Waals surface area contributed by atoms with E-state index in [1.54, 1.807) is 24.3 Å². The predicted octanol–water partition coefficient (Wildman–Crippen LogP) is 7.10. The van der Waals surface area contributed by atoms with Crippen LogP contribution in [0.3, 0.4) is 0 Å². The summed E-state index contributed by atoms with van der Waals surface area (Å²) in [6.07, 6.45) is 9.35. The molecule has 6 nitrogen and oxygen atoms in total. The Kier molecular flexibility index (Phi) is 10.5. The van der Waals surface area contributed by atoms with Gasteiger partial charge in [-0.25, -0.2) is 0 Å². The van der Waals surface area contributed by atoms with Gasteiger partial charge in [0, 0.05) is 23.2 Å². The Labute approximate surface area is 227 Å². The van der Waals surface area contributed by atoms with Gasteiger partial charge in [-0.1, -0.05) is 96.9 Å². The van der Waals surface area contributed by atoms with Gasteiger partial charge >= 0.3 is 0 Å². The Morgan fingerprint density at radius 2 is 1.61 bits per heavy atom. The van der Waals surface area contributed by atoms with Crippen molar-refractivity contribution in [1.29, 1.82) is 0 Å². The molecule has 206 valence electrons. The molecule has 1 aliphatic carbocycles. The maximum atomic E-state index is 14.1. The van der Waals surface area contributed by atoms with Crippen molar-refractivity contribution in [2.24, 2.45) is 0 Å². The molecule has 1 atom stereocenters. The maximum Gasteiger partial charge on any atom is 0.221 e. The van der Waals surface area contributed by atoms with Crippen molar-refractivity contribution in [1.82, 2.24) is 5.32 Å². The monoisotopic (exact) mass is 520 g/mol. The lowest BCUT2D eigenvalue weighted by Gasteiger charge is -2.30. The van der Waals surface area contributed by atoms with Crippen LogP contribution >= 0.6 is 0 Å².